The molecule has 1 fully saturated rings. The lowest BCUT2D eigenvalue weighted by molar-refractivity contribution is 0.727. The van der Waals surface area contributed by atoms with E-state index in [2.05, 4.69) is 58.7 Å². The van der Waals surface area contributed by atoms with Crippen LogP contribution in [0, 0.1) is 11.8 Å². The second kappa shape index (κ2) is 5.16. The zero-order valence-corrected chi connectivity index (χ0v) is 12.5. The van der Waals surface area contributed by atoms with E-state index in [4.69, 9.17) is 0 Å². The number of rotatable bonds is 5. The van der Waals surface area contributed by atoms with Crippen molar-refractivity contribution >= 4 is 31.9 Å². The third-order valence-electron chi connectivity index (χ3n) is 3.46. The number of hydrogen-bond acceptors (Lipinski definition) is 0. The first-order chi connectivity index (χ1) is 6.55. The van der Waals surface area contributed by atoms with E-state index < -0.39 is 0 Å². The topological polar surface area (TPSA) is 0 Å². The van der Waals surface area contributed by atoms with Crippen LogP contribution >= 0.6 is 31.9 Å². The predicted octanol–water partition coefficient (Wildman–Crippen LogP) is 5.27. The van der Waals surface area contributed by atoms with Crippen LogP contribution in [0.15, 0.2) is 10.6 Å². The Hall–Kier alpha value is 0.700. The van der Waals surface area contributed by atoms with Crippen molar-refractivity contribution in [2.24, 2.45) is 11.8 Å². The molecule has 0 unspecified atom stereocenters. The van der Waals surface area contributed by atoms with Gasteiger partial charge in [-0.05, 0) is 24.7 Å². The smallest absolute Gasteiger partial charge is 0.0625 e. The molecule has 0 heterocycles. The molecule has 0 spiro atoms. The third-order valence-corrected chi connectivity index (χ3v) is 6.85. The normalized spacial score (nSPS) is 37.4. The second-order valence-electron chi connectivity index (χ2n) is 4.39. The van der Waals surface area contributed by atoms with Gasteiger partial charge in [0, 0.05) is 4.48 Å². The van der Waals surface area contributed by atoms with E-state index in [1.54, 1.807) is 0 Å². The number of halogens is 2. The summed E-state index contributed by atoms with van der Waals surface area (Å²) < 4.78 is 1.63. The molecule has 0 saturated heterocycles. The van der Waals surface area contributed by atoms with Crippen LogP contribution in [-0.2, 0) is 0 Å². The highest BCUT2D eigenvalue weighted by Gasteiger charge is 2.59. The Kier molecular flexibility index (Phi) is 4.70. The van der Waals surface area contributed by atoms with Gasteiger partial charge in [0.2, 0.25) is 0 Å². The first-order valence-corrected chi connectivity index (χ1v) is 7.18. The molecule has 0 aliphatic heterocycles. The summed E-state index contributed by atoms with van der Waals surface area (Å²) in [6.45, 7) is 6.86. The molecule has 14 heavy (non-hydrogen) atoms. The molecule has 0 radical (unpaired) electrons. The van der Waals surface area contributed by atoms with Gasteiger partial charge < -0.3 is 0 Å². The lowest BCUT2D eigenvalue weighted by Gasteiger charge is -2.07. The SMILES string of the molecule is CCCCC/C=C(\Br)C1(Br)[C@H](C)[C@H]1C. The van der Waals surface area contributed by atoms with Crippen molar-refractivity contribution in [2.75, 3.05) is 0 Å². The van der Waals surface area contributed by atoms with E-state index in [-0.39, 0.29) is 4.32 Å². The van der Waals surface area contributed by atoms with Gasteiger partial charge in [-0.1, -0.05) is 71.5 Å². The van der Waals surface area contributed by atoms with Crippen LogP contribution in [-0.4, -0.2) is 4.32 Å². The average Bonchev–Trinajstić information content (AvgIpc) is 2.66. The van der Waals surface area contributed by atoms with Crippen molar-refractivity contribution < 1.29 is 0 Å². The summed E-state index contributed by atoms with van der Waals surface area (Å²) in [6.07, 6.45) is 7.53. The van der Waals surface area contributed by atoms with Gasteiger partial charge in [-0.25, -0.2) is 0 Å². The summed E-state index contributed by atoms with van der Waals surface area (Å²) >= 11 is 7.55. The van der Waals surface area contributed by atoms with E-state index in [1.165, 1.54) is 30.2 Å². The fourth-order valence-corrected chi connectivity index (χ4v) is 3.71. The quantitative estimate of drug-likeness (QED) is 0.478. The van der Waals surface area contributed by atoms with Crippen molar-refractivity contribution in [3.63, 3.8) is 0 Å². The zero-order valence-electron chi connectivity index (χ0n) is 9.32. The molecule has 0 amide bonds. The first-order valence-electron chi connectivity index (χ1n) is 5.60. The van der Waals surface area contributed by atoms with Gasteiger partial charge in [-0.15, -0.1) is 0 Å². The minimum atomic E-state index is 0.263. The largest absolute Gasteiger partial charge is 0.0789 e. The molecule has 2 heteroatoms. The summed E-state index contributed by atoms with van der Waals surface area (Å²) in [5.74, 6) is 1.53. The minimum Gasteiger partial charge on any atom is -0.0789 e. The molecule has 0 aromatic rings. The van der Waals surface area contributed by atoms with Crippen molar-refractivity contribution in [1.82, 2.24) is 0 Å². The molecule has 0 bridgehead atoms. The van der Waals surface area contributed by atoms with E-state index in [0.717, 1.165) is 11.8 Å². The van der Waals surface area contributed by atoms with Crippen molar-refractivity contribution in [3.8, 4) is 0 Å². The molecule has 1 aliphatic rings. The summed E-state index contributed by atoms with van der Waals surface area (Å²) in [6, 6.07) is 0. The Morgan fingerprint density at radius 2 is 1.86 bits per heavy atom. The van der Waals surface area contributed by atoms with E-state index in [1.807, 2.05) is 0 Å². The van der Waals surface area contributed by atoms with E-state index in [0.29, 0.717) is 0 Å². The van der Waals surface area contributed by atoms with Crippen LogP contribution in [0.1, 0.15) is 46.5 Å². The lowest BCUT2D eigenvalue weighted by Crippen LogP contribution is -2.01. The standard InChI is InChI=1S/C12H20Br2/c1-4-5-6-7-8-11(13)12(14)9(2)10(12)3/h8-10H,4-7H2,1-3H3/b11-8-/t9-,10-/m1/s1. The van der Waals surface area contributed by atoms with Crippen LogP contribution in [0.3, 0.4) is 0 Å². The van der Waals surface area contributed by atoms with Gasteiger partial charge in [0.05, 0.1) is 4.32 Å². The average molecular weight is 324 g/mol. The summed E-state index contributed by atoms with van der Waals surface area (Å²) in [4.78, 5) is 0. The second-order valence-corrected chi connectivity index (χ2v) is 6.56. The third kappa shape index (κ3) is 2.44. The maximum absolute atomic E-state index is 3.84. The monoisotopic (exact) mass is 322 g/mol. The fourth-order valence-electron chi connectivity index (χ4n) is 1.94. The lowest BCUT2D eigenvalue weighted by atomic mass is 10.2. The number of hydrogen-bond donors (Lipinski definition) is 0. The van der Waals surface area contributed by atoms with Crippen LogP contribution in [0.25, 0.3) is 0 Å². The first kappa shape index (κ1) is 12.8. The molecule has 0 aromatic heterocycles. The zero-order chi connectivity index (χ0) is 10.8. The molecule has 82 valence electrons. The number of alkyl halides is 1. The van der Waals surface area contributed by atoms with Gasteiger partial charge in [-0.2, -0.15) is 0 Å². The van der Waals surface area contributed by atoms with Gasteiger partial charge >= 0.3 is 0 Å². The van der Waals surface area contributed by atoms with Gasteiger partial charge in [0.1, 0.15) is 0 Å². The fraction of sp³-hybridized carbons (Fsp3) is 0.833. The highest BCUT2D eigenvalue weighted by Crippen LogP contribution is 2.62. The summed E-state index contributed by atoms with van der Waals surface area (Å²) in [5.41, 5.74) is 0. The van der Waals surface area contributed by atoms with E-state index in [9.17, 15) is 0 Å². The van der Waals surface area contributed by atoms with E-state index >= 15 is 0 Å². The Labute approximate surface area is 105 Å². The van der Waals surface area contributed by atoms with Crippen LogP contribution in [0.4, 0.5) is 0 Å². The molecule has 0 aromatic carbocycles. The molecule has 2 atom stereocenters. The van der Waals surface area contributed by atoms with Crippen molar-refractivity contribution in [3.05, 3.63) is 10.6 Å². The van der Waals surface area contributed by atoms with Gasteiger partial charge in [-0.3, -0.25) is 0 Å². The Bertz CT molecular complexity index is 212. The highest BCUT2D eigenvalue weighted by atomic mass is 79.9. The van der Waals surface area contributed by atoms with Crippen molar-refractivity contribution in [1.29, 1.82) is 0 Å². The predicted molar refractivity (Wildman–Crippen MR) is 71.1 cm³/mol. The van der Waals surface area contributed by atoms with Crippen LogP contribution in [0.2, 0.25) is 0 Å². The maximum atomic E-state index is 3.84. The Morgan fingerprint density at radius 3 is 2.29 bits per heavy atom. The number of allylic oxidation sites excluding steroid dienone is 2. The summed E-state index contributed by atoms with van der Waals surface area (Å²) in [5, 5.41) is 0. The minimum absolute atomic E-state index is 0.263. The highest BCUT2D eigenvalue weighted by molar-refractivity contribution is 9.14. The van der Waals surface area contributed by atoms with Gasteiger partial charge in [0.15, 0.2) is 0 Å². The maximum Gasteiger partial charge on any atom is 0.0625 e. The van der Waals surface area contributed by atoms with Crippen molar-refractivity contribution in [2.45, 2.75) is 50.8 Å². The summed E-state index contributed by atoms with van der Waals surface area (Å²) in [7, 11) is 0. The molecular formula is C12H20Br2. The number of unbranched alkanes of at least 4 members (excludes halogenated alkanes) is 3. The molecule has 1 rings (SSSR count). The molecular weight excluding hydrogens is 304 g/mol. The van der Waals surface area contributed by atoms with Gasteiger partial charge in [0.25, 0.3) is 0 Å². The molecule has 0 N–H and O–H groups in total. The van der Waals surface area contributed by atoms with Crippen LogP contribution in [0.5, 0.6) is 0 Å². The molecule has 1 saturated carbocycles. The Balaban J connectivity index is 2.38. The van der Waals surface area contributed by atoms with Crippen LogP contribution < -0.4 is 0 Å². The molecule has 0 nitrogen and oxygen atoms in total. The Morgan fingerprint density at radius 1 is 1.29 bits per heavy atom. The molecule has 1 aliphatic carbocycles.